The van der Waals surface area contributed by atoms with Crippen molar-refractivity contribution in [3.8, 4) is 0 Å². The van der Waals surface area contributed by atoms with Crippen LogP contribution in [0.2, 0.25) is 0 Å². The number of amides is 2. The number of rotatable bonds is 2. The van der Waals surface area contributed by atoms with Gasteiger partial charge in [0.05, 0.1) is 11.5 Å². The molecule has 0 radical (unpaired) electrons. The molecule has 2 rings (SSSR count). The molecule has 7 heteroatoms. The van der Waals surface area contributed by atoms with E-state index in [4.69, 9.17) is 5.73 Å². The minimum Gasteiger partial charge on any atom is -0.392 e. The van der Waals surface area contributed by atoms with E-state index < -0.39 is 11.8 Å². The topological polar surface area (TPSA) is 78.7 Å². The Morgan fingerprint density at radius 2 is 2.00 bits per heavy atom. The molecule has 2 amide bonds. The molecule has 106 valence electrons. The van der Waals surface area contributed by atoms with E-state index in [0.29, 0.717) is 25.2 Å². The van der Waals surface area contributed by atoms with Gasteiger partial charge in [-0.05, 0) is 26.3 Å². The summed E-state index contributed by atoms with van der Waals surface area (Å²) in [7, 11) is 2.10. The second-order valence-corrected chi connectivity index (χ2v) is 5.76. The lowest BCUT2D eigenvalue weighted by atomic mass is 10.1. The van der Waals surface area contributed by atoms with Crippen molar-refractivity contribution in [2.45, 2.75) is 31.3 Å². The fourth-order valence-electron chi connectivity index (χ4n) is 2.88. The van der Waals surface area contributed by atoms with Gasteiger partial charge in [-0.3, -0.25) is 14.5 Å². The van der Waals surface area contributed by atoms with Gasteiger partial charge in [0.2, 0.25) is 0 Å². The Hall–Kier alpha value is -1.21. The molecule has 2 atom stereocenters. The molecule has 0 spiro atoms. The number of nitrogens with zero attached hydrogens (tertiary/aromatic N) is 2. The van der Waals surface area contributed by atoms with E-state index >= 15 is 0 Å². The molecule has 0 aromatic heterocycles. The number of carbonyl (C=O) groups excluding carboxylic acids is 2. The fourth-order valence-corrected chi connectivity index (χ4v) is 2.95. The van der Waals surface area contributed by atoms with Crippen molar-refractivity contribution in [3.05, 3.63) is 0 Å². The molecule has 2 unspecified atom stereocenters. The Bertz CT molecular complexity index is 401. The molecule has 19 heavy (non-hydrogen) atoms. The molecule has 2 aliphatic rings. The highest BCUT2D eigenvalue weighted by Gasteiger charge is 2.37. The monoisotopic (exact) mass is 284 g/mol. The van der Waals surface area contributed by atoms with Gasteiger partial charge in [0.25, 0.3) is 0 Å². The van der Waals surface area contributed by atoms with Crippen molar-refractivity contribution in [1.82, 2.24) is 15.1 Å². The molecule has 2 aliphatic heterocycles. The van der Waals surface area contributed by atoms with Crippen molar-refractivity contribution in [2.24, 2.45) is 5.73 Å². The maximum atomic E-state index is 12.1. The number of fused-ring (bicyclic) bond motifs is 2. The zero-order valence-electron chi connectivity index (χ0n) is 11.1. The molecule has 2 fully saturated rings. The van der Waals surface area contributed by atoms with Crippen molar-refractivity contribution in [2.75, 3.05) is 26.7 Å². The first kappa shape index (κ1) is 14.2. The van der Waals surface area contributed by atoms with Gasteiger partial charge in [0.15, 0.2) is 0 Å². The van der Waals surface area contributed by atoms with Crippen LogP contribution >= 0.6 is 12.2 Å². The normalized spacial score (nSPS) is 26.9. The molecule has 0 saturated carbocycles. The third-order valence-electron chi connectivity index (χ3n) is 4.05. The lowest BCUT2D eigenvalue weighted by Crippen LogP contribution is -2.47. The Morgan fingerprint density at radius 3 is 2.68 bits per heavy atom. The zero-order chi connectivity index (χ0) is 14.0. The molecular weight excluding hydrogens is 264 g/mol. The molecule has 2 heterocycles. The number of nitrogens with one attached hydrogen (secondary N) is 1. The predicted octanol–water partition coefficient (Wildman–Crippen LogP) is -0.916. The number of thiocarbonyl (C=S) groups is 1. The summed E-state index contributed by atoms with van der Waals surface area (Å²) in [5.41, 5.74) is 5.30. The summed E-state index contributed by atoms with van der Waals surface area (Å²) >= 11 is 4.67. The Balaban J connectivity index is 1.92. The summed E-state index contributed by atoms with van der Waals surface area (Å²) < 4.78 is 0. The standard InChI is InChI=1S/C12H20N4O2S/c1-15-8-2-3-9(15)7-16(5-4-8)12(18)11(17)14-6-10(13)19/h8-9H,2-7H2,1H3,(H2,13,19)(H,14,17). The molecule has 0 aromatic carbocycles. The van der Waals surface area contributed by atoms with E-state index in [2.05, 4.69) is 29.5 Å². The van der Waals surface area contributed by atoms with Crippen LogP contribution in [0.5, 0.6) is 0 Å². The van der Waals surface area contributed by atoms with Crippen LogP contribution in [0.15, 0.2) is 0 Å². The summed E-state index contributed by atoms with van der Waals surface area (Å²) in [5.74, 6) is -1.09. The van der Waals surface area contributed by atoms with Crippen molar-refractivity contribution < 1.29 is 9.59 Å². The fraction of sp³-hybridized carbons (Fsp3) is 0.750. The third kappa shape index (κ3) is 3.22. The second-order valence-electron chi connectivity index (χ2n) is 5.24. The summed E-state index contributed by atoms with van der Waals surface area (Å²) in [6.45, 7) is 1.34. The highest BCUT2D eigenvalue weighted by molar-refractivity contribution is 7.80. The first-order valence-corrected chi connectivity index (χ1v) is 6.97. The van der Waals surface area contributed by atoms with Gasteiger partial charge in [-0.2, -0.15) is 0 Å². The Labute approximate surface area is 118 Å². The molecule has 6 nitrogen and oxygen atoms in total. The first-order chi connectivity index (χ1) is 8.99. The number of hydrogen-bond acceptors (Lipinski definition) is 4. The van der Waals surface area contributed by atoms with Crippen LogP contribution in [0.3, 0.4) is 0 Å². The smallest absolute Gasteiger partial charge is 0.311 e. The van der Waals surface area contributed by atoms with Gasteiger partial charge in [-0.1, -0.05) is 12.2 Å². The number of carbonyl (C=O) groups is 2. The average Bonchev–Trinajstić information content (AvgIpc) is 2.59. The molecule has 0 aliphatic carbocycles. The SMILES string of the molecule is CN1C2CCC1CN(C(=O)C(=O)NCC(N)=S)CC2. The summed E-state index contributed by atoms with van der Waals surface area (Å²) in [6.07, 6.45) is 3.22. The largest absolute Gasteiger partial charge is 0.392 e. The van der Waals surface area contributed by atoms with Gasteiger partial charge in [-0.25, -0.2) is 0 Å². The van der Waals surface area contributed by atoms with E-state index in [1.54, 1.807) is 4.90 Å². The van der Waals surface area contributed by atoms with Gasteiger partial charge in [-0.15, -0.1) is 0 Å². The van der Waals surface area contributed by atoms with Crippen LogP contribution in [0, 0.1) is 0 Å². The Kier molecular flexibility index (Phi) is 4.36. The summed E-state index contributed by atoms with van der Waals surface area (Å²) in [5, 5.41) is 2.44. The van der Waals surface area contributed by atoms with E-state index in [0.717, 1.165) is 12.8 Å². The van der Waals surface area contributed by atoms with E-state index in [1.165, 1.54) is 6.42 Å². The second kappa shape index (κ2) is 5.83. The number of likely N-dealkylation sites (N-methyl/N-ethyl adjacent to an activating group) is 1. The van der Waals surface area contributed by atoms with Gasteiger partial charge >= 0.3 is 11.8 Å². The number of nitrogens with two attached hydrogens (primary N) is 1. The van der Waals surface area contributed by atoms with Crippen molar-refractivity contribution in [3.63, 3.8) is 0 Å². The molecular formula is C12H20N4O2S. The van der Waals surface area contributed by atoms with Crippen LogP contribution in [0.4, 0.5) is 0 Å². The number of hydrogen-bond donors (Lipinski definition) is 2. The molecule has 3 N–H and O–H groups in total. The Morgan fingerprint density at radius 1 is 1.32 bits per heavy atom. The van der Waals surface area contributed by atoms with Gasteiger partial charge in [0, 0.05) is 25.2 Å². The number of likely N-dealkylation sites (tertiary alicyclic amines) is 1. The van der Waals surface area contributed by atoms with Crippen LogP contribution in [-0.4, -0.2) is 65.4 Å². The highest BCUT2D eigenvalue weighted by Crippen LogP contribution is 2.28. The summed E-state index contributed by atoms with van der Waals surface area (Å²) in [4.78, 5) is 27.9. The quantitative estimate of drug-likeness (QED) is 0.507. The average molecular weight is 284 g/mol. The van der Waals surface area contributed by atoms with E-state index in [1.807, 2.05) is 0 Å². The maximum Gasteiger partial charge on any atom is 0.311 e. The van der Waals surface area contributed by atoms with E-state index in [-0.39, 0.29) is 11.5 Å². The predicted molar refractivity (Wildman–Crippen MR) is 75.6 cm³/mol. The molecule has 2 bridgehead atoms. The van der Waals surface area contributed by atoms with Crippen LogP contribution in [0.1, 0.15) is 19.3 Å². The minimum absolute atomic E-state index is 0.0691. The van der Waals surface area contributed by atoms with Crippen LogP contribution < -0.4 is 11.1 Å². The van der Waals surface area contributed by atoms with Crippen LogP contribution in [0.25, 0.3) is 0 Å². The zero-order valence-corrected chi connectivity index (χ0v) is 11.9. The van der Waals surface area contributed by atoms with E-state index in [9.17, 15) is 9.59 Å². The van der Waals surface area contributed by atoms with Crippen molar-refractivity contribution in [1.29, 1.82) is 0 Å². The van der Waals surface area contributed by atoms with Gasteiger partial charge < -0.3 is 16.0 Å². The van der Waals surface area contributed by atoms with Gasteiger partial charge in [0.1, 0.15) is 0 Å². The molecule has 2 saturated heterocycles. The minimum atomic E-state index is -0.617. The third-order valence-corrected chi connectivity index (χ3v) is 4.20. The first-order valence-electron chi connectivity index (χ1n) is 6.56. The lowest BCUT2D eigenvalue weighted by Gasteiger charge is -2.25. The maximum absolute atomic E-state index is 12.1. The summed E-state index contributed by atoms with van der Waals surface area (Å²) in [6, 6.07) is 0.919. The highest BCUT2D eigenvalue weighted by atomic mass is 32.1. The lowest BCUT2D eigenvalue weighted by molar-refractivity contribution is -0.145. The molecule has 0 aromatic rings. The van der Waals surface area contributed by atoms with Crippen LogP contribution in [-0.2, 0) is 9.59 Å². The van der Waals surface area contributed by atoms with Crippen molar-refractivity contribution >= 4 is 29.0 Å².